The number of aromatic nitrogens is 2. The summed E-state index contributed by atoms with van der Waals surface area (Å²) in [6.07, 6.45) is -8.64. The van der Waals surface area contributed by atoms with Gasteiger partial charge in [-0.2, -0.15) is 13.2 Å². The molecule has 4 rings (SSSR count). The second-order valence-electron chi connectivity index (χ2n) is 8.54. The summed E-state index contributed by atoms with van der Waals surface area (Å²) in [7, 11) is 0. The van der Waals surface area contributed by atoms with E-state index in [-0.39, 0.29) is 42.2 Å². The Labute approximate surface area is 210 Å². The van der Waals surface area contributed by atoms with Crippen LogP contribution in [-0.2, 0) is 4.74 Å². The fourth-order valence-corrected chi connectivity index (χ4v) is 4.08. The lowest BCUT2D eigenvalue weighted by Gasteiger charge is -2.33. The van der Waals surface area contributed by atoms with Gasteiger partial charge in [-0.15, -0.1) is 0 Å². The number of rotatable bonds is 6. The lowest BCUT2D eigenvalue weighted by Crippen LogP contribution is -2.46. The molecule has 0 saturated carbocycles. The minimum atomic E-state index is -4.78. The predicted octanol–water partition coefficient (Wildman–Crippen LogP) is 4.20. The highest BCUT2D eigenvalue weighted by Crippen LogP contribution is 2.26. The molecule has 1 N–H and O–H groups in total. The second-order valence-corrected chi connectivity index (χ2v) is 8.54. The number of carbonyl (C=O) groups is 1. The minimum absolute atomic E-state index is 0.0367. The van der Waals surface area contributed by atoms with Crippen molar-refractivity contribution >= 4 is 22.8 Å². The van der Waals surface area contributed by atoms with Gasteiger partial charge in [-0.05, 0) is 30.7 Å². The molecule has 2 aromatic heterocycles. The molecule has 3 aromatic rings. The summed E-state index contributed by atoms with van der Waals surface area (Å²) >= 11 is 0. The number of benzene rings is 1. The lowest BCUT2D eigenvalue weighted by molar-refractivity contribution is -0.153. The first-order valence-electron chi connectivity index (χ1n) is 11.4. The maximum absolute atomic E-state index is 14.8. The van der Waals surface area contributed by atoms with Gasteiger partial charge < -0.3 is 15.0 Å². The van der Waals surface area contributed by atoms with E-state index in [1.54, 1.807) is 5.32 Å². The average molecular weight is 546 g/mol. The van der Waals surface area contributed by atoms with Crippen LogP contribution in [0, 0.1) is 11.6 Å². The molecule has 1 amide bonds. The number of ether oxygens (including phenoxy) is 1. The van der Waals surface area contributed by atoms with Crippen LogP contribution in [0.1, 0.15) is 23.7 Å². The molecule has 7 nitrogen and oxygen atoms in total. The van der Waals surface area contributed by atoms with E-state index >= 15 is 0 Å². The number of carbonyl (C=O) groups excluding carboxylic acids is 1. The summed E-state index contributed by atoms with van der Waals surface area (Å²) in [5, 5.41) is 1.50. The molecule has 0 spiro atoms. The van der Waals surface area contributed by atoms with Gasteiger partial charge in [-0.25, -0.2) is 22.5 Å². The minimum Gasteiger partial charge on any atom is -0.369 e. The van der Waals surface area contributed by atoms with Crippen LogP contribution in [0.25, 0.3) is 16.7 Å². The molecule has 0 radical (unpaired) electrons. The Balaban J connectivity index is 1.88. The van der Waals surface area contributed by atoms with E-state index in [4.69, 9.17) is 4.74 Å². The number of nitrogens with one attached hydrogen (secondary N) is 1. The molecule has 3 heterocycles. The fraction of sp³-hybridized carbons (Fsp3) is 0.375. The third-order valence-electron chi connectivity index (χ3n) is 6.06. The molecule has 1 aromatic carbocycles. The molecule has 1 aliphatic rings. The van der Waals surface area contributed by atoms with E-state index in [2.05, 4.69) is 4.98 Å². The summed E-state index contributed by atoms with van der Waals surface area (Å²) < 4.78 is 100. The fourth-order valence-electron chi connectivity index (χ4n) is 4.08. The van der Waals surface area contributed by atoms with E-state index < -0.39 is 59.7 Å². The van der Waals surface area contributed by atoms with E-state index in [1.165, 1.54) is 24.0 Å². The Morgan fingerprint density at radius 3 is 2.58 bits per heavy atom. The van der Waals surface area contributed by atoms with Crippen molar-refractivity contribution in [3.63, 3.8) is 0 Å². The number of morpholine rings is 1. The van der Waals surface area contributed by atoms with Gasteiger partial charge in [-0.1, -0.05) is 6.92 Å². The van der Waals surface area contributed by atoms with Gasteiger partial charge in [0.15, 0.2) is 5.65 Å². The first-order chi connectivity index (χ1) is 17.9. The van der Waals surface area contributed by atoms with E-state index in [0.717, 1.165) is 22.9 Å². The zero-order valence-electron chi connectivity index (χ0n) is 19.7. The standard InChI is InChI=1S/C24H21F7N4O3/c1-2-18(24(29,30)31)32-23(37)14-10-35(16-5-3-12(25)9-15(16)26)22-13(20(14)36)4-6-19(33-22)34-7-8-38-17(11-34)21(27)28/h3-6,9-10,17-18,21H,2,7-8,11H2,1H3,(H,32,37)/t17?,18-/m1/s1. The van der Waals surface area contributed by atoms with Crippen molar-refractivity contribution in [1.29, 1.82) is 0 Å². The first kappa shape index (κ1) is 27.4. The first-order valence-corrected chi connectivity index (χ1v) is 11.4. The normalized spacial score (nSPS) is 17.2. The number of anilines is 1. The number of halogens is 7. The summed E-state index contributed by atoms with van der Waals surface area (Å²) in [5.41, 5.74) is -2.30. The smallest absolute Gasteiger partial charge is 0.369 e. The molecular formula is C24H21F7N4O3. The van der Waals surface area contributed by atoms with E-state index in [9.17, 15) is 40.3 Å². The van der Waals surface area contributed by atoms with Gasteiger partial charge in [0.05, 0.1) is 24.2 Å². The molecular weight excluding hydrogens is 525 g/mol. The van der Waals surface area contributed by atoms with Crippen LogP contribution in [0.5, 0.6) is 0 Å². The third kappa shape index (κ3) is 5.44. The number of pyridine rings is 2. The molecule has 1 aliphatic heterocycles. The monoisotopic (exact) mass is 546 g/mol. The lowest BCUT2D eigenvalue weighted by atomic mass is 10.1. The second kappa shape index (κ2) is 10.6. The van der Waals surface area contributed by atoms with Crippen LogP contribution in [-0.4, -0.2) is 59.9 Å². The van der Waals surface area contributed by atoms with Crippen LogP contribution in [0.4, 0.5) is 36.6 Å². The summed E-state index contributed by atoms with van der Waals surface area (Å²) in [5.74, 6) is -3.26. The Morgan fingerprint density at radius 1 is 1.21 bits per heavy atom. The van der Waals surface area contributed by atoms with E-state index in [0.29, 0.717) is 6.07 Å². The Morgan fingerprint density at radius 2 is 1.95 bits per heavy atom. The van der Waals surface area contributed by atoms with Gasteiger partial charge in [0, 0.05) is 18.8 Å². The van der Waals surface area contributed by atoms with Crippen molar-refractivity contribution in [3.05, 3.63) is 63.9 Å². The van der Waals surface area contributed by atoms with Gasteiger partial charge in [0.2, 0.25) is 5.43 Å². The number of hydrogen-bond acceptors (Lipinski definition) is 5. The van der Waals surface area contributed by atoms with Crippen molar-refractivity contribution in [2.75, 3.05) is 24.6 Å². The summed E-state index contributed by atoms with van der Waals surface area (Å²) in [6.45, 7) is 1.10. The third-order valence-corrected chi connectivity index (χ3v) is 6.06. The highest BCUT2D eigenvalue weighted by atomic mass is 19.4. The Kier molecular flexibility index (Phi) is 7.63. The molecule has 14 heteroatoms. The van der Waals surface area contributed by atoms with Crippen LogP contribution in [0.3, 0.4) is 0 Å². The maximum Gasteiger partial charge on any atom is 0.408 e. The highest BCUT2D eigenvalue weighted by molar-refractivity contribution is 5.97. The quantitative estimate of drug-likeness (QED) is 0.469. The molecule has 1 saturated heterocycles. The van der Waals surface area contributed by atoms with Crippen molar-refractivity contribution in [1.82, 2.24) is 14.9 Å². The van der Waals surface area contributed by atoms with E-state index in [1.807, 2.05) is 0 Å². The number of hydrogen-bond donors (Lipinski definition) is 1. The van der Waals surface area contributed by atoms with Crippen LogP contribution in [0.15, 0.2) is 41.3 Å². The molecule has 0 aliphatic carbocycles. The molecule has 1 fully saturated rings. The van der Waals surface area contributed by atoms with Gasteiger partial charge in [-0.3, -0.25) is 14.2 Å². The molecule has 2 atom stereocenters. The van der Waals surface area contributed by atoms with Gasteiger partial charge in [0.1, 0.15) is 35.2 Å². The van der Waals surface area contributed by atoms with Crippen LogP contribution < -0.4 is 15.6 Å². The highest BCUT2D eigenvalue weighted by Gasteiger charge is 2.40. The van der Waals surface area contributed by atoms with Crippen molar-refractivity contribution in [3.8, 4) is 5.69 Å². The predicted molar refractivity (Wildman–Crippen MR) is 123 cm³/mol. The average Bonchev–Trinajstić information content (AvgIpc) is 2.87. The SMILES string of the molecule is CC[C@@H](NC(=O)c1cn(-c2ccc(F)cc2F)c2nc(N3CCOC(C(F)F)C3)ccc2c1=O)C(F)(F)F. The molecule has 204 valence electrons. The summed E-state index contributed by atoms with van der Waals surface area (Å²) in [6, 6.07) is 2.71. The largest absolute Gasteiger partial charge is 0.408 e. The zero-order valence-corrected chi connectivity index (χ0v) is 19.7. The molecule has 38 heavy (non-hydrogen) atoms. The van der Waals surface area contributed by atoms with Crippen molar-refractivity contribution in [2.24, 2.45) is 0 Å². The maximum atomic E-state index is 14.8. The summed E-state index contributed by atoms with van der Waals surface area (Å²) in [4.78, 5) is 31.7. The Hall–Kier alpha value is -3.68. The zero-order chi connectivity index (χ0) is 27.8. The molecule has 0 bridgehead atoms. The van der Waals surface area contributed by atoms with Crippen LogP contribution >= 0.6 is 0 Å². The Bertz CT molecular complexity index is 1410. The number of amides is 1. The molecule has 1 unspecified atom stereocenters. The van der Waals surface area contributed by atoms with Crippen LogP contribution in [0.2, 0.25) is 0 Å². The number of alkyl halides is 5. The topological polar surface area (TPSA) is 76.5 Å². The van der Waals surface area contributed by atoms with Gasteiger partial charge >= 0.3 is 6.18 Å². The number of fused-ring (bicyclic) bond motifs is 1. The number of nitrogens with zero attached hydrogens (tertiary/aromatic N) is 3. The van der Waals surface area contributed by atoms with Gasteiger partial charge in [0.25, 0.3) is 12.3 Å². The van der Waals surface area contributed by atoms with Crippen molar-refractivity contribution in [2.45, 2.75) is 38.1 Å². The van der Waals surface area contributed by atoms with Crippen molar-refractivity contribution < 1.29 is 40.3 Å².